The van der Waals surface area contributed by atoms with Crippen molar-refractivity contribution in [2.45, 2.75) is 18.9 Å². The molecule has 2 N–H and O–H groups in total. The molecule has 6 heteroatoms. The first kappa shape index (κ1) is 14.2. The van der Waals surface area contributed by atoms with E-state index < -0.39 is 17.4 Å². The molecular weight excluding hydrogens is 276 g/mol. The predicted octanol–water partition coefficient (Wildman–Crippen LogP) is 1.96. The van der Waals surface area contributed by atoms with Crippen LogP contribution in [0.25, 0.3) is 0 Å². The summed E-state index contributed by atoms with van der Waals surface area (Å²) in [6, 6.07) is 9.18. The molecule has 2 aromatic rings. The van der Waals surface area contributed by atoms with Crippen molar-refractivity contribution in [3.63, 3.8) is 0 Å². The molecular formula is C14H14N2O3S. The molecule has 0 bridgehead atoms. The Labute approximate surface area is 120 Å². The second-order valence-corrected chi connectivity index (χ2v) is 5.35. The average Bonchev–Trinajstić information content (AvgIpc) is 2.93. The Kier molecular flexibility index (Phi) is 4.14. The molecule has 1 amide bonds. The smallest absolute Gasteiger partial charge is 0.329 e. The lowest BCUT2D eigenvalue weighted by atomic mass is 9.92. The maximum atomic E-state index is 12.0. The normalized spacial score (nSPS) is 13.4. The van der Waals surface area contributed by atoms with E-state index >= 15 is 0 Å². The van der Waals surface area contributed by atoms with Crippen LogP contribution in [0.1, 0.15) is 23.0 Å². The van der Waals surface area contributed by atoms with Gasteiger partial charge in [0.2, 0.25) is 0 Å². The van der Waals surface area contributed by atoms with E-state index in [1.807, 2.05) is 30.3 Å². The molecule has 1 aromatic carbocycles. The number of carbonyl (C=O) groups is 2. The van der Waals surface area contributed by atoms with Crippen LogP contribution in [0.5, 0.6) is 0 Å². The van der Waals surface area contributed by atoms with Crippen LogP contribution in [0.3, 0.4) is 0 Å². The zero-order valence-electron chi connectivity index (χ0n) is 10.9. The largest absolute Gasteiger partial charge is 0.480 e. The first-order chi connectivity index (χ1) is 9.51. The third-order valence-corrected chi connectivity index (χ3v) is 3.51. The molecule has 0 saturated carbocycles. The van der Waals surface area contributed by atoms with Gasteiger partial charge in [0.15, 0.2) is 0 Å². The summed E-state index contributed by atoms with van der Waals surface area (Å²) in [5, 5.41) is 13.5. The lowest BCUT2D eigenvalue weighted by Gasteiger charge is -2.26. The van der Waals surface area contributed by atoms with Gasteiger partial charge in [-0.15, -0.1) is 11.3 Å². The van der Waals surface area contributed by atoms with E-state index in [0.29, 0.717) is 0 Å². The molecule has 0 aliphatic rings. The van der Waals surface area contributed by atoms with Gasteiger partial charge in [-0.1, -0.05) is 30.3 Å². The number of aromatic nitrogens is 1. The molecule has 1 aromatic heterocycles. The number of benzene rings is 1. The number of carboxylic acid groups (broad SMARTS) is 1. The van der Waals surface area contributed by atoms with Crippen molar-refractivity contribution < 1.29 is 14.7 Å². The van der Waals surface area contributed by atoms with Crippen LogP contribution in [0.2, 0.25) is 0 Å². The molecule has 1 atom stereocenters. The highest BCUT2D eigenvalue weighted by molar-refractivity contribution is 7.07. The van der Waals surface area contributed by atoms with E-state index in [-0.39, 0.29) is 12.1 Å². The third kappa shape index (κ3) is 3.21. The Balaban J connectivity index is 2.17. The average molecular weight is 290 g/mol. The lowest BCUT2D eigenvalue weighted by molar-refractivity contribution is -0.143. The monoisotopic (exact) mass is 290 g/mol. The van der Waals surface area contributed by atoms with Crippen molar-refractivity contribution >= 4 is 23.2 Å². The van der Waals surface area contributed by atoms with E-state index in [1.54, 1.807) is 5.38 Å². The molecule has 1 heterocycles. The lowest BCUT2D eigenvalue weighted by Crippen LogP contribution is -2.53. The number of carbonyl (C=O) groups excluding carboxylic acids is 1. The van der Waals surface area contributed by atoms with Gasteiger partial charge >= 0.3 is 5.97 Å². The van der Waals surface area contributed by atoms with Gasteiger partial charge < -0.3 is 10.4 Å². The van der Waals surface area contributed by atoms with Crippen molar-refractivity contribution in [2.24, 2.45) is 0 Å². The maximum Gasteiger partial charge on any atom is 0.329 e. The Morgan fingerprint density at radius 1 is 1.35 bits per heavy atom. The van der Waals surface area contributed by atoms with E-state index in [4.69, 9.17) is 0 Å². The summed E-state index contributed by atoms with van der Waals surface area (Å²) in [5.74, 6) is -1.56. The van der Waals surface area contributed by atoms with Crippen LogP contribution in [-0.2, 0) is 11.2 Å². The summed E-state index contributed by atoms with van der Waals surface area (Å²) in [6.45, 7) is 1.49. The number of nitrogens with zero attached hydrogens (tertiary/aromatic N) is 1. The number of nitrogens with one attached hydrogen (secondary N) is 1. The molecule has 5 nitrogen and oxygen atoms in total. The number of amides is 1. The second kappa shape index (κ2) is 5.83. The SMILES string of the molecule is CC(Cc1ccccc1)(NC(=O)c1cscn1)C(=O)O. The summed E-state index contributed by atoms with van der Waals surface area (Å²) in [4.78, 5) is 27.4. The molecule has 2 rings (SSSR count). The fourth-order valence-electron chi connectivity index (χ4n) is 1.82. The molecule has 0 aliphatic carbocycles. The van der Waals surface area contributed by atoms with Gasteiger partial charge in [0.25, 0.3) is 5.91 Å². The summed E-state index contributed by atoms with van der Waals surface area (Å²) in [5.41, 5.74) is 1.23. The molecule has 0 spiro atoms. The molecule has 0 fully saturated rings. The van der Waals surface area contributed by atoms with Gasteiger partial charge in [-0.05, 0) is 12.5 Å². The van der Waals surface area contributed by atoms with Crippen LogP contribution in [-0.4, -0.2) is 27.5 Å². The fraction of sp³-hybridized carbons (Fsp3) is 0.214. The van der Waals surface area contributed by atoms with Crippen LogP contribution in [0, 0.1) is 0 Å². The molecule has 0 radical (unpaired) electrons. The van der Waals surface area contributed by atoms with Crippen molar-refractivity contribution in [3.05, 3.63) is 52.5 Å². The predicted molar refractivity (Wildman–Crippen MR) is 75.8 cm³/mol. The fourth-order valence-corrected chi connectivity index (χ4v) is 2.35. The summed E-state index contributed by atoms with van der Waals surface area (Å²) in [7, 11) is 0. The highest BCUT2D eigenvalue weighted by atomic mass is 32.1. The highest BCUT2D eigenvalue weighted by Crippen LogP contribution is 2.15. The molecule has 0 aliphatic heterocycles. The Bertz CT molecular complexity index is 598. The number of carboxylic acids is 1. The second-order valence-electron chi connectivity index (χ2n) is 4.63. The number of rotatable bonds is 5. The standard InChI is InChI=1S/C14H14N2O3S/c1-14(13(18)19,7-10-5-3-2-4-6-10)16-12(17)11-8-20-9-15-11/h2-6,8-9H,7H2,1H3,(H,16,17)(H,18,19). The number of aliphatic carboxylic acids is 1. The van der Waals surface area contributed by atoms with Gasteiger partial charge in [0.1, 0.15) is 11.2 Å². The van der Waals surface area contributed by atoms with Crippen molar-refractivity contribution in [1.29, 1.82) is 0 Å². The minimum Gasteiger partial charge on any atom is -0.480 e. The minimum absolute atomic E-state index is 0.207. The van der Waals surface area contributed by atoms with Crippen molar-refractivity contribution in [1.82, 2.24) is 10.3 Å². The third-order valence-electron chi connectivity index (χ3n) is 2.93. The van der Waals surface area contributed by atoms with Gasteiger partial charge in [-0.2, -0.15) is 0 Å². The first-order valence-electron chi connectivity index (χ1n) is 5.99. The number of hydrogen-bond acceptors (Lipinski definition) is 4. The summed E-state index contributed by atoms with van der Waals surface area (Å²) < 4.78 is 0. The molecule has 1 unspecified atom stereocenters. The van der Waals surface area contributed by atoms with Gasteiger partial charge in [0.05, 0.1) is 5.51 Å². The van der Waals surface area contributed by atoms with Crippen molar-refractivity contribution in [2.75, 3.05) is 0 Å². The van der Waals surface area contributed by atoms with E-state index in [0.717, 1.165) is 5.56 Å². The zero-order chi connectivity index (χ0) is 14.6. The molecule has 104 valence electrons. The molecule has 0 saturated heterocycles. The first-order valence-corrected chi connectivity index (χ1v) is 6.93. The van der Waals surface area contributed by atoms with Crippen LogP contribution in [0.4, 0.5) is 0 Å². The van der Waals surface area contributed by atoms with Gasteiger partial charge in [0, 0.05) is 11.8 Å². The minimum atomic E-state index is -1.37. The van der Waals surface area contributed by atoms with E-state index in [1.165, 1.54) is 23.8 Å². The topological polar surface area (TPSA) is 79.3 Å². The zero-order valence-corrected chi connectivity index (χ0v) is 11.7. The van der Waals surface area contributed by atoms with E-state index in [9.17, 15) is 14.7 Å². The quantitative estimate of drug-likeness (QED) is 0.882. The van der Waals surface area contributed by atoms with Crippen LogP contribution >= 0.6 is 11.3 Å². The Morgan fingerprint density at radius 2 is 2.05 bits per heavy atom. The Hall–Kier alpha value is -2.21. The summed E-state index contributed by atoms with van der Waals surface area (Å²) in [6.07, 6.45) is 0.207. The number of hydrogen-bond donors (Lipinski definition) is 2. The molecule has 20 heavy (non-hydrogen) atoms. The van der Waals surface area contributed by atoms with Crippen LogP contribution < -0.4 is 5.32 Å². The summed E-state index contributed by atoms with van der Waals surface area (Å²) >= 11 is 1.29. The van der Waals surface area contributed by atoms with Gasteiger partial charge in [-0.25, -0.2) is 9.78 Å². The van der Waals surface area contributed by atoms with Gasteiger partial charge in [-0.3, -0.25) is 4.79 Å². The Morgan fingerprint density at radius 3 is 2.60 bits per heavy atom. The maximum absolute atomic E-state index is 12.0. The van der Waals surface area contributed by atoms with Crippen LogP contribution in [0.15, 0.2) is 41.2 Å². The number of thiazole rings is 1. The van der Waals surface area contributed by atoms with Crippen molar-refractivity contribution in [3.8, 4) is 0 Å². The van der Waals surface area contributed by atoms with E-state index in [2.05, 4.69) is 10.3 Å². The highest BCUT2D eigenvalue weighted by Gasteiger charge is 2.35.